The van der Waals surface area contributed by atoms with Gasteiger partial charge in [0.1, 0.15) is 17.2 Å². The molecule has 0 bridgehead atoms. The molecule has 0 aromatic heterocycles. The summed E-state index contributed by atoms with van der Waals surface area (Å²) in [6.07, 6.45) is 5.30. The van der Waals surface area contributed by atoms with E-state index in [1.165, 1.54) is 12.7 Å². The summed E-state index contributed by atoms with van der Waals surface area (Å²) in [5, 5.41) is 3.65. The van der Waals surface area contributed by atoms with Crippen molar-refractivity contribution < 1.29 is 22.6 Å². The van der Waals surface area contributed by atoms with Crippen molar-refractivity contribution >= 4 is 21.4 Å². The Morgan fingerprint density at radius 1 is 0.886 bits per heavy atom. The van der Waals surface area contributed by atoms with E-state index >= 15 is 0 Å². The van der Waals surface area contributed by atoms with Crippen LogP contribution in [0.1, 0.15) is 29.5 Å². The molecule has 0 unspecified atom stereocenters. The molecule has 0 saturated carbocycles. The number of sulfonamides is 1. The number of ether oxygens (including phenoxy) is 3. The van der Waals surface area contributed by atoms with Crippen LogP contribution in [0, 0.1) is 5.92 Å². The van der Waals surface area contributed by atoms with Crippen LogP contribution in [0.2, 0.25) is 0 Å². The fourth-order valence-corrected chi connectivity index (χ4v) is 6.07. The van der Waals surface area contributed by atoms with Gasteiger partial charge in [-0.05, 0) is 65.9 Å². The van der Waals surface area contributed by atoms with E-state index in [4.69, 9.17) is 14.2 Å². The van der Waals surface area contributed by atoms with Gasteiger partial charge < -0.3 is 19.5 Å². The molecule has 2 aliphatic rings. The Bertz CT molecular complexity index is 1370. The Balaban J connectivity index is 1.46. The molecule has 2 N–H and O–H groups in total. The Morgan fingerprint density at radius 2 is 1.63 bits per heavy atom. The molecular weight excluding hydrogens is 464 g/mol. The number of fused-ring (bicyclic) bond motifs is 3. The molecule has 3 aromatic rings. The van der Waals surface area contributed by atoms with Gasteiger partial charge in [0.25, 0.3) is 10.0 Å². The van der Waals surface area contributed by atoms with Crippen LogP contribution >= 0.6 is 0 Å². The van der Waals surface area contributed by atoms with Crippen LogP contribution in [0.25, 0.3) is 0 Å². The van der Waals surface area contributed by atoms with Crippen molar-refractivity contribution in [3.63, 3.8) is 0 Å². The predicted octanol–water partition coefficient (Wildman–Crippen LogP) is 5.34. The van der Waals surface area contributed by atoms with Gasteiger partial charge in [-0.2, -0.15) is 0 Å². The van der Waals surface area contributed by atoms with Gasteiger partial charge in [-0.25, -0.2) is 8.42 Å². The number of hydrogen-bond donors (Lipinski definition) is 2. The second-order valence-corrected chi connectivity index (χ2v) is 10.4. The molecule has 1 heterocycles. The molecular formula is C27H28N2O5S. The number of nitrogens with one attached hydrogen (secondary N) is 2. The van der Waals surface area contributed by atoms with E-state index in [9.17, 15) is 8.42 Å². The van der Waals surface area contributed by atoms with E-state index in [1.54, 1.807) is 44.6 Å². The zero-order valence-electron chi connectivity index (χ0n) is 19.8. The minimum Gasteiger partial charge on any atom is -0.497 e. The highest BCUT2D eigenvalue weighted by atomic mass is 32.2. The predicted molar refractivity (Wildman–Crippen MR) is 136 cm³/mol. The average Bonchev–Trinajstić information content (AvgIpc) is 3.38. The molecule has 7 nitrogen and oxygen atoms in total. The van der Waals surface area contributed by atoms with Crippen molar-refractivity contribution in [3.05, 3.63) is 83.9 Å². The SMILES string of the molecule is COc1ccc([C@H]2Nc3ccc(S(=O)(=O)Nc4ccc(OC)cc4OC)cc3[C@H]3C=CC[C@H]32)cc1. The van der Waals surface area contributed by atoms with Gasteiger partial charge in [0.2, 0.25) is 0 Å². The van der Waals surface area contributed by atoms with Gasteiger partial charge >= 0.3 is 0 Å². The molecule has 1 aliphatic carbocycles. The van der Waals surface area contributed by atoms with E-state index in [0.29, 0.717) is 23.1 Å². The van der Waals surface area contributed by atoms with Gasteiger partial charge in [-0.3, -0.25) is 4.72 Å². The number of anilines is 2. The lowest BCUT2D eigenvalue weighted by atomic mass is 9.77. The van der Waals surface area contributed by atoms with Crippen LogP contribution in [0.3, 0.4) is 0 Å². The summed E-state index contributed by atoms with van der Waals surface area (Å²) in [7, 11) is 0.856. The summed E-state index contributed by atoms with van der Waals surface area (Å²) < 4.78 is 45.1. The number of hydrogen-bond acceptors (Lipinski definition) is 6. The lowest BCUT2D eigenvalue weighted by Crippen LogP contribution is -2.29. The average molecular weight is 493 g/mol. The lowest BCUT2D eigenvalue weighted by Gasteiger charge is -2.37. The Morgan fingerprint density at radius 3 is 2.34 bits per heavy atom. The summed E-state index contributed by atoms with van der Waals surface area (Å²) in [6, 6.07) is 18.5. The molecule has 8 heteroatoms. The molecule has 0 radical (unpaired) electrons. The van der Waals surface area contributed by atoms with Crippen LogP contribution in [-0.2, 0) is 10.0 Å². The highest BCUT2D eigenvalue weighted by Crippen LogP contribution is 2.50. The number of benzene rings is 3. The van der Waals surface area contributed by atoms with E-state index in [1.807, 2.05) is 18.2 Å². The maximum atomic E-state index is 13.3. The summed E-state index contributed by atoms with van der Waals surface area (Å²) in [4.78, 5) is 0.206. The summed E-state index contributed by atoms with van der Waals surface area (Å²) in [6.45, 7) is 0. The van der Waals surface area contributed by atoms with Crippen molar-refractivity contribution in [1.29, 1.82) is 0 Å². The third kappa shape index (κ3) is 4.30. The van der Waals surface area contributed by atoms with Crippen molar-refractivity contribution in [2.75, 3.05) is 31.4 Å². The fourth-order valence-electron chi connectivity index (χ4n) is 4.97. The van der Waals surface area contributed by atoms with Crippen molar-refractivity contribution in [3.8, 4) is 17.2 Å². The first-order chi connectivity index (χ1) is 16.9. The highest BCUT2D eigenvalue weighted by Gasteiger charge is 2.38. The van der Waals surface area contributed by atoms with Crippen LogP contribution in [0.15, 0.2) is 77.7 Å². The third-order valence-electron chi connectivity index (χ3n) is 6.77. The molecule has 5 rings (SSSR count). The van der Waals surface area contributed by atoms with Gasteiger partial charge in [0.15, 0.2) is 0 Å². The van der Waals surface area contributed by atoms with Gasteiger partial charge in [0, 0.05) is 17.7 Å². The largest absolute Gasteiger partial charge is 0.497 e. The fraction of sp³-hybridized carbons (Fsp3) is 0.259. The smallest absolute Gasteiger partial charge is 0.262 e. The monoisotopic (exact) mass is 492 g/mol. The van der Waals surface area contributed by atoms with Crippen LogP contribution < -0.4 is 24.2 Å². The van der Waals surface area contributed by atoms with Crippen LogP contribution in [-0.4, -0.2) is 29.7 Å². The zero-order valence-corrected chi connectivity index (χ0v) is 20.6. The van der Waals surface area contributed by atoms with E-state index < -0.39 is 10.0 Å². The second kappa shape index (κ2) is 9.19. The minimum absolute atomic E-state index is 0.123. The zero-order chi connectivity index (χ0) is 24.6. The summed E-state index contributed by atoms with van der Waals surface area (Å²) >= 11 is 0. The summed E-state index contributed by atoms with van der Waals surface area (Å²) in [5.74, 6) is 2.21. The second-order valence-electron chi connectivity index (χ2n) is 8.67. The first-order valence-corrected chi connectivity index (χ1v) is 12.9. The van der Waals surface area contributed by atoms with Crippen molar-refractivity contribution in [2.24, 2.45) is 5.92 Å². The quantitative estimate of drug-likeness (QED) is 0.433. The standard InChI is InChI=1S/C27H28N2O5S/c1-32-18-9-7-17(8-10-18)27-22-6-4-5-21(22)23-16-20(12-14-24(23)28-27)35(30,31)29-25-13-11-19(33-2)15-26(25)34-3/h4-5,7-16,21-22,27-29H,6H2,1-3H3/t21-,22+,27+/m0/s1. The Labute approximate surface area is 205 Å². The van der Waals surface area contributed by atoms with Crippen LogP contribution in [0.4, 0.5) is 11.4 Å². The molecule has 0 saturated heterocycles. The van der Waals surface area contributed by atoms with Gasteiger partial charge in [-0.15, -0.1) is 0 Å². The topological polar surface area (TPSA) is 85.9 Å². The number of rotatable bonds is 7. The number of methoxy groups -OCH3 is 3. The van der Waals surface area contributed by atoms with Crippen LogP contribution in [0.5, 0.6) is 17.2 Å². The Hall–Kier alpha value is -3.65. The first kappa shape index (κ1) is 23.1. The summed E-state index contributed by atoms with van der Waals surface area (Å²) in [5.41, 5.74) is 3.46. The normalized spacial score (nSPS) is 20.4. The molecule has 3 aromatic carbocycles. The van der Waals surface area contributed by atoms with E-state index in [0.717, 1.165) is 23.4 Å². The maximum Gasteiger partial charge on any atom is 0.262 e. The van der Waals surface area contributed by atoms with Gasteiger partial charge in [0.05, 0.1) is 38.0 Å². The minimum atomic E-state index is -3.84. The molecule has 0 spiro atoms. The van der Waals surface area contributed by atoms with Crippen molar-refractivity contribution in [1.82, 2.24) is 0 Å². The Kier molecular flexibility index (Phi) is 6.06. The molecule has 3 atom stereocenters. The van der Waals surface area contributed by atoms with E-state index in [-0.39, 0.29) is 16.9 Å². The molecule has 1 aliphatic heterocycles. The number of allylic oxidation sites excluding steroid dienone is 2. The molecule has 0 fully saturated rings. The van der Waals surface area contributed by atoms with Gasteiger partial charge in [-0.1, -0.05) is 24.3 Å². The van der Waals surface area contributed by atoms with E-state index in [2.05, 4.69) is 34.3 Å². The molecule has 35 heavy (non-hydrogen) atoms. The first-order valence-electron chi connectivity index (χ1n) is 11.4. The molecule has 0 amide bonds. The van der Waals surface area contributed by atoms with Crippen molar-refractivity contribution in [2.45, 2.75) is 23.3 Å². The third-order valence-corrected chi connectivity index (χ3v) is 8.14. The molecule has 182 valence electrons. The lowest BCUT2D eigenvalue weighted by molar-refractivity contribution is 0.395. The maximum absolute atomic E-state index is 13.3. The highest BCUT2D eigenvalue weighted by molar-refractivity contribution is 7.92.